The Morgan fingerprint density at radius 1 is 1.16 bits per heavy atom. The van der Waals surface area contributed by atoms with Crippen molar-refractivity contribution in [3.63, 3.8) is 0 Å². The lowest BCUT2D eigenvalue weighted by molar-refractivity contribution is 0.0670. The number of likely N-dealkylation sites (tertiary alicyclic amines) is 1. The smallest absolute Gasteiger partial charge is 0.292 e. The Balaban J connectivity index is 1.50. The third-order valence-electron chi connectivity index (χ3n) is 5.51. The van der Waals surface area contributed by atoms with Crippen LogP contribution in [0.15, 0.2) is 35.2 Å². The molecule has 4 heterocycles. The van der Waals surface area contributed by atoms with Gasteiger partial charge in [-0.05, 0) is 18.8 Å². The van der Waals surface area contributed by atoms with E-state index in [2.05, 4.69) is 20.1 Å². The molecule has 0 bridgehead atoms. The van der Waals surface area contributed by atoms with E-state index in [4.69, 9.17) is 9.51 Å². The third kappa shape index (κ3) is 4.55. The van der Waals surface area contributed by atoms with Gasteiger partial charge in [-0.15, -0.1) is 0 Å². The van der Waals surface area contributed by atoms with Gasteiger partial charge in [-0.3, -0.25) is 9.78 Å². The number of rotatable bonds is 5. The van der Waals surface area contributed by atoms with Gasteiger partial charge in [0.25, 0.3) is 5.91 Å². The Labute approximate surface area is 181 Å². The van der Waals surface area contributed by atoms with Gasteiger partial charge in [-0.2, -0.15) is 0 Å². The van der Waals surface area contributed by atoms with E-state index >= 15 is 0 Å². The van der Waals surface area contributed by atoms with Gasteiger partial charge < -0.3 is 14.3 Å². The first-order valence-corrected chi connectivity index (χ1v) is 10.5. The van der Waals surface area contributed by atoms with Gasteiger partial charge in [0, 0.05) is 63.3 Å². The summed E-state index contributed by atoms with van der Waals surface area (Å²) in [5.41, 5.74) is 2.41. The first kappa shape index (κ1) is 20.9. The molecule has 31 heavy (non-hydrogen) atoms. The highest BCUT2D eigenvalue weighted by Crippen LogP contribution is 2.30. The van der Waals surface area contributed by atoms with Crippen molar-refractivity contribution < 1.29 is 9.32 Å². The molecule has 0 spiro atoms. The van der Waals surface area contributed by atoms with Crippen LogP contribution in [0.25, 0.3) is 11.5 Å². The van der Waals surface area contributed by atoms with Crippen molar-refractivity contribution in [1.29, 1.82) is 0 Å². The molecule has 0 saturated carbocycles. The highest BCUT2D eigenvalue weighted by molar-refractivity contribution is 5.91. The number of aromatic nitrogens is 5. The minimum Gasteiger partial charge on any atom is -0.363 e. The molecule has 4 rings (SSSR count). The average Bonchev–Trinajstić information content (AvgIpc) is 3.30. The van der Waals surface area contributed by atoms with Gasteiger partial charge in [-0.1, -0.05) is 19.0 Å². The topological polar surface area (TPSA) is 101 Å². The monoisotopic (exact) mass is 421 g/mol. The van der Waals surface area contributed by atoms with Crippen molar-refractivity contribution in [2.24, 2.45) is 0 Å². The van der Waals surface area contributed by atoms with Crippen LogP contribution in [0.1, 0.15) is 60.5 Å². The molecule has 1 fully saturated rings. The first-order valence-electron chi connectivity index (χ1n) is 10.5. The number of anilines is 1. The van der Waals surface area contributed by atoms with Gasteiger partial charge in [0.2, 0.25) is 5.76 Å². The fourth-order valence-electron chi connectivity index (χ4n) is 3.62. The molecule has 3 aromatic rings. The van der Waals surface area contributed by atoms with Gasteiger partial charge in [0.15, 0.2) is 5.82 Å². The standard InChI is InChI=1S/C22H27N7O2/c1-14(2)16-11-19(31-27-16)22(30)29-9-5-15(6-10-29)17-12-20(28(3)4)26-21(25-17)18-13-23-7-8-24-18/h7-8,11-15H,5-6,9-10H2,1-4H3. The van der Waals surface area contributed by atoms with Crippen molar-refractivity contribution in [2.75, 3.05) is 32.1 Å². The van der Waals surface area contributed by atoms with Crippen molar-refractivity contribution in [1.82, 2.24) is 30.0 Å². The summed E-state index contributed by atoms with van der Waals surface area (Å²) in [6, 6.07) is 3.77. The van der Waals surface area contributed by atoms with Gasteiger partial charge in [-0.25, -0.2) is 15.0 Å². The van der Waals surface area contributed by atoms with E-state index in [1.54, 1.807) is 24.7 Å². The Hall–Kier alpha value is -3.36. The van der Waals surface area contributed by atoms with E-state index in [9.17, 15) is 4.79 Å². The number of amides is 1. The minimum atomic E-state index is -0.102. The number of carbonyl (C=O) groups is 1. The zero-order chi connectivity index (χ0) is 22.0. The van der Waals surface area contributed by atoms with Crippen LogP contribution in [0.5, 0.6) is 0 Å². The summed E-state index contributed by atoms with van der Waals surface area (Å²) in [7, 11) is 3.91. The maximum Gasteiger partial charge on any atom is 0.292 e. The summed E-state index contributed by atoms with van der Waals surface area (Å²) in [5, 5.41) is 4.00. The predicted molar refractivity (Wildman–Crippen MR) is 116 cm³/mol. The van der Waals surface area contributed by atoms with Crippen LogP contribution in [-0.2, 0) is 0 Å². The molecule has 3 aromatic heterocycles. The SMILES string of the molecule is CC(C)c1cc(C(=O)N2CCC(c3cc(N(C)C)nc(-c4cnccn4)n3)CC2)on1. The van der Waals surface area contributed by atoms with Gasteiger partial charge in [0.1, 0.15) is 11.5 Å². The molecule has 1 aliphatic heterocycles. The Morgan fingerprint density at radius 2 is 1.94 bits per heavy atom. The second-order valence-corrected chi connectivity index (χ2v) is 8.30. The van der Waals surface area contributed by atoms with E-state index in [0.29, 0.717) is 30.4 Å². The van der Waals surface area contributed by atoms with Crippen molar-refractivity contribution in [2.45, 2.75) is 38.5 Å². The van der Waals surface area contributed by atoms with E-state index in [1.165, 1.54) is 0 Å². The highest BCUT2D eigenvalue weighted by atomic mass is 16.5. The van der Waals surface area contributed by atoms with Crippen LogP contribution < -0.4 is 4.90 Å². The van der Waals surface area contributed by atoms with E-state index < -0.39 is 0 Å². The summed E-state index contributed by atoms with van der Waals surface area (Å²) in [4.78, 5) is 34.5. The summed E-state index contributed by atoms with van der Waals surface area (Å²) in [5.74, 6) is 2.06. The molecule has 0 atom stereocenters. The molecule has 162 valence electrons. The van der Waals surface area contributed by atoms with Crippen LogP contribution in [0.3, 0.4) is 0 Å². The Kier molecular flexibility index (Phi) is 5.92. The first-order chi connectivity index (χ1) is 14.9. The predicted octanol–water partition coefficient (Wildman–Crippen LogP) is 3.13. The second kappa shape index (κ2) is 8.79. The van der Waals surface area contributed by atoms with E-state index in [-0.39, 0.29) is 17.7 Å². The number of piperidine rings is 1. The second-order valence-electron chi connectivity index (χ2n) is 8.30. The van der Waals surface area contributed by atoms with Gasteiger partial charge in [0.05, 0.1) is 11.9 Å². The third-order valence-corrected chi connectivity index (χ3v) is 5.51. The molecule has 1 amide bonds. The summed E-state index contributed by atoms with van der Waals surface area (Å²) < 4.78 is 5.28. The minimum absolute atomic E-state index is 0.102. The van der Waals surface area contributed by atoms with Crippen LogP contribution in [0.4, 0.5) is 5.82 Å². The molecule has 1 aliphatic rings. The largest absolute Gasteiger partial charge is 0.363 e. The summed E-state index contributed by atoms with van der Waals surface area (Å²) in [6.45, 7) is 5.33. The maximum atomic E-state index is 12.8. The quantitative estimate of drug-likeness (QED) is 0.619. The molecular formula is C22H27N7O2. The number of hydrogen-bond acceptors (Lipinski definition) is 8. The fourth-order valence-corrected chi connectivity index (χ4v) is 3.62. The zero-order valence-corrected chi connectivity index (χ0v) is 18.3. The zero-order valence-electron chi connectivity index (χ0n) is 18.3. The summed E-state index contributed by atoms with van der Waals surface area (Å²) in [6.07, 6.45) is 6.58. The Morgan fingerprint density at radius 3 is 2.55 bits per heavy atom. The fraction of sp³-hybridized carbons (Fsp3) is 0.455. The normalized spacial score (nSPS) is 14.8. The van der Waals surface area contributed by atoms with Crippen LogP contribution in [-0.4, -0.2) is 63.1 Å². The average molecular weight is 422 g/mol. The lowest BCUT2D eigenvalue weighted by Gasteiger charge is -2.31. The lowest BCUT2D eigenvalue weighted by atomic mass is 9.93. The molecular weight excluding hydrogens is 394 g/mol. The molecule has 0 radical (unpaired) electrons. The van der Waals surface area contributed by atoms with Crippen molar-refractivity contribution in [3.8, 4) is 11.5 Å². The Bertz CT molecular complexity index is 1040. The van der Waals surface area contributed by atoms with Crippen LogP contribution >= 0.6 is 0 Å². The molecule has 9 heteroatoms. The number of hydrogen-bond donors (Lipinski definition) is 0. The van der Waals surface area contributed by atoms with E-state index in [1.807, 2.05) is 43.8 Å². The van der Waals surface area contributed by atoms with Crippen LogP contribution in [0, 0.1) is 0 Å². The van der Waals surface area contributed by atoms with Gasteiger partial charge >= 0.3 is 0 Å². The van der Waals surface area contributed by atoms with E-state index in [0.717, 1.165) is 30.0 Å². The summed E-state index contributed by atoms with van der Waals surface area (Å²) >= 11 is 0. The number of nitrogens with zero attached hydrogens (tertiary/aromatic N) is 7. The number of carbonyl (C=O) groups excluding carboxylic acids is 1. The molecule has 1 saturated heterocycles. The van der Waals surface area contributed by atoms with Crippen LogP contribution in [0.2, 0.25) is 0 Å². The maximum absolute atomic E-state index is 12.8. The molecule has 0 unspecified atom stereocenters. The molecule has 0 aliphatic carbocycles. The molecule has 0 N–H and O–H groups in total. The van der Waals surface area contributed by atoms with Crippen molar-refractivity contribution in [3.05, 3.63) is 47.9 Å². The molecule has 9 nitrogen and oxygen atoms in total. The van der Waals surface area contributed by atoms with Crippen molar-refractivity contribution >= 4 is 11.7 Å². The lowest BCUT2D eigenvalue weighted by Crippen LogP contribution is -2.38. The molecule has 0 aromatic carbocycles. The highest BCUT2D eigenvalue weighted by Gasteiger charge is 2.28.